The van der Waals surface area contributed by atoms with Crippen molar-refractivity contribution in [3.05, 3.63) is 77.6 Å². The van der Waals surface area contributed by atoms with Crippen LogP contribution in [0.15, 0.2) is 54.6 Å². The molecule has 0 saturated carbocycles. The number of piperazine rings is 1. The molecule has 0 radical (unpaired) electrons. The van der Waals surface area contributed by atoms with Gasteiger partial charge in [0.2, 0.25) is 0 Å². The molecule has 3 aromatic rings. The number of aromatic nitrogens is 2. The third-order valence-corrected chi connectivity index (χ3v) is 4.86. The largest absolute Gasteiger partial charge is 0.352 e. The van der Waals surface area contributed by atoms with Crippen molar-refractivity contribution in [1.82, 2.24) is 15.1 Å². The predicted molar refractivity (Wildman–Crippen MR) is 102 cm³/mol. The summed E-state index contributed by atoms with van der Waals surface area (Å²) in [6, 6.07) is 13.0. The first-order valence-corrected chi connectivity index (χ1v) is 9.11. The molecule has 0 bridgehead atoms. The highest BCUT2D eigenvalue weighted by molar-refractivity contribution is 5.95. The molecule has 4 rings (SSSR count). The maximum Gasteiger partial charge on any atom is 0.259 e. The van der Waals surface area contributed by atoms with Crippen LogP contribution >= 0.6 is 0 Å². The number of amides is 1. The van der Waals surface area contributed by atoms with Gasteiger partial charge in [-0.15, -0.1) is 10.2 Å². The minimum Gasteiger partial charge on any atom is -0.352 e. The minimum absolute atomic E-state index is 0.313. The summed E-state index contributed by atoms with van der Waals surface area (Å²) in [5, 5.41) is 8.40. The first kappa shape index (κ1) is 18.9. The first-order chi connectivity index (χ1) is 14.0. The van der Waals surface area contributed by atoms with Gasteiger partial charge in [0.15, 0.2) is 5.82 Å². The molecule has 0 N–H and O–H groups in total. The molecule has 8 heteroatoms. The lowest BCUT2D eigenvalue weighted by atomic mass is 10.1. The first-order valence-electron chi connectivity index (χ1n) is 9.11. The van der Waals surface area contributed by atoms with Gasteiger partial charge in [0, 0.05) is 31.7 Å². The molecule has 1 saturated heterocycles. The van der Waals surface area contributed by atoms with E-state index in [9.17, 15) is 18.0 Å². The van der Waals surface area contributed by atoms with E-state index < -0.39 is 23.1 Å². The Morgan fingerprint density at radius 2 is 1.45 bits per heavy atom. The number of nitrogens with zero attached hydrogens (tertiary/aromatic N) is 4. The summed E-state index contributed by atoms with van der Waals surface area (Å²) in [7, 11) is 0. The Balaban J connectivity index is 1.42. The molecule has 2 aromatic carbocycles. The number of halogens is 3. The summed E-state index contributed by atoms with van der Waals surface area (Å²) in [6.07, 6.45) is 0. The zero-order valence-electron chi connectivity index (χ0n) is 15.4. The van der Waals surface area contributed by atoms with E-state index in [0.29, 0.717) is 37.7 Å². The SMILES string of the molecule is O=C(c1c(F)cccc1F)N1CCN(c2ccc(-c3ccc(F)cc3)nn2)CC1. The van der Waals surface area contributed by atoms with E-state index in [1.54, 1.807) is 24.3 Å². The van der Waals surface area contributed by atoms with Gasteiger partial charge in [-0.25, -0.2) is 13.2 Å². The van der Waals surface area contributed by atoms with E-state index in [4.69, 9.17) is 0 Å². The van der Waals surface area contributed by atoms with Gasteiger partial charge in [-0.1, -0.05) is 6.07 Å². The molecule has 0 aliphatic carbocycles. The molecule has 1 amide bonds. The van der Waals surface area contributed by atoms with E-state index in [-0.39, 0.29) is 5.82 Å². The highest BCUT2D eigenvalue weighted by Crippen LogP contribution is 2.21. The normalized spacial score (nSPS) is 14.2. The summed E-state index contributed by atoms with van der Waals surface area (Å²) in [4.78, 5) is 15.9. The molecule has 148 valence electrons. The third kappa shape index (κ3) is 3.91. The number of hydrogen-bond donors (Lipinski definition) is 0. The van der Waals surface area contributed by atoms with Crippen molar-refractivity contribution in [3.8, 4) is 11.3 Å². The Kier molecular flexibility index (Phi) is 5.16. The number of carbonyl (C=O) groups excluding carboxylic acids is 1. The molecule has 0 unspecified atom stereocenters. The van der Waals surface area contributed by atoms with Crippen molar-refractivity contribution in [2.24, 2.45) is 0 Å². The van der Waals surface area contributed by atoms with Crippen LogP contribution in [0.2, 0.25) is 0 Å². The van der Waals surface area contributed by atoms with Gasteiger partial charge >= 0.3 is 0 Å². The molecule has 1 aromatic heterocycles. The van der Waals surface area contributed by atoms with Crippen LogP contribution in [0.25, 0.3) is 11.3 Å². The van der Waals surface area contributed by atoms with Crippen LogP contribution in [0, 0.1) is 17.5 Å². The predicted octanol–water partition coefficient (Wildman–Crippen LogP) is 3.52. The maximum atomic E-state index is 13.9. The van der Waals surface area contributed by atoms with Crippen LogP contribution in [0.1, 0.15) is 10.4 Å². The molecule has 1 fully saturated rings. The second kappa shape index (κ2) is 7.90. The highest BCUT2D eigenvalue weighted by Gasteiger charge is 2.27. The van der Waals surface area contributed by atoms with Crippen molar-refractivity contribution < 1.29 is 18.0 Å². The highest BCUT2D eigenvalue weighted by atomic mass is 19.1. The average molecular weight is 398 g/mol. The standard InChI is InChI=1S/C21H17F3N4O/c22-15-6-4-14(5-7-15)18-8-9-19(26-25-18)27-10-12-28(13-11-27)21(29)20-16(23)2-1-3-17(20)24/h1-9H,10-13H2. The summed E-state index contributed by atoms with van der Waals surface area (Å²) >= 11 is 0. The third-order valence-electron chi connectivity index (χ3n) is 4.86. The number of carbonyl (C=O) groups is 1. The smallest absolute Gasteiger partial charge is 0.259 e. The molecule has 5 nitrogen and oxygen atoms in total. The van der Waals surface area contributed by atoms with Gasteiger partial charge in [0.05, 0.1) is 5.69 Å². The maximum absolute atomic E-state index is 13.9. The Morgan fingerprint density at radius 1 is 0.793 bits per heavy atom. The Hall–Kier alpha value is -3.42. The van der Waals surface area contributed by atoms with Crippen LogP contribution in [0.4, 0.5) is 19.0 Å². The van der Waals surface area contributed by atoms with Crippen molar-refractivity contribution in [2.75, 3.05) is 31.1 Å². The molecule has 0 atom stereocenters. The molecule has 1 aliphatic rings. The van der Waals surface area contributed by atoms with Crippen molar-refractivity contribution in [1.29, 1.82) is 0 Å². The molecular formula is C21H17F3N4O. The van der Waals surface area contributed by atoms with Gasteiger partial charge in [0.1, 0.15) is 23.0 Å². The fraction of sp³-hybridized carbons (Fsp3) is 0.190. The van der Waals surface area contributed by atoms with Gasteiger partial charge in [-0.05, 0) is 48.5 Å². The van der Waals surface area contributed by atoms with Crippen LogP contribution in [0.3, 0.4) is 0 Å². The fourth-order valence-electron chi connectivity index (χ4n) is 3.27. The van der Waals surface area contributed by atoms with Gasteiger partial charge in [-0.2, -0.15) is 0 Å². The Morgan fingerprint density at radius 3 is 2.03 bits per heavy atom. The second-order valence-electron chi connectivity index (χ2n) is 6.66. The second-order valence-corrected chi connectivity index (χ2v) is 6.66. The van der Waals surface area contributed by atoms with E-state index in [0.717, 1.165) is 17.7 Å². The van der Waals surface area contributed by atoms with Crippen LogP contribution in [-0.2, 0) is 0 Å². The van der Waals surface area contributed by atoms with Crippen molar-refractivity contribution in [2.45, 2.75) is 0 Å². The van der Waals surface area contributed by atoms with Crippen LogP contribution < -0.4 is 4.90 Å². The quantitative estimate of drug-likeness (QED) is 0.678. The lowest BCUT2D eigenvalue weighted by Crippen LogP contribution is -2.49. The van der Waals surface area contributed by atoms with Gasteiger partial charge in [0.25, 0.3) is 5.91 Å². The Bertz CT molecular complexity index is 997. The zero-order valence-corrected chi connectivity index (χ0v) is 15.4. The molecule has 29 heavy (non-hydrogen) atoms. The van der Waals surface area contributed by atoms with E-state index in [2.05, 4.69) is 10.2 Å². The minimum atomic E-state index is -0.861. The summed E-state index contributed by atoms with van der Waals surface area (Å²) < 4.78 is 40.8. The summed E-state index contributed by atoms with van der Waals surface area (Å²) in [6.45, 7) is 1.56. The van der Waals surface area contributed by atoms with E-state index in [1.165, 1.54) is 23.1 Å². The monoisotopic (exact) mass is 398 g/mol. The van der Waals surface area contributed by atoms with Gasteiger partial charge in [-0.3, -0.25) is 4.79 Å². The molecule has 2 heterocycles. The summed E-state index contributed by atoms with van der Waals surface area (Å²) in [5.41, 5.74) is 0.856. The zero-order chi connectivity index (χ0) is 20.4. The summed E-state index contributed by atoms with van der Waals surface area (Å²) in [5.74, 6) is -2.06. The lowest BCUT2D eigenvalue weighted by Gasteiger charge is -2.35. The van der Waals surface area contributed by atoms with Gasteiger partial charge < -0.3 is 9.80 Å². The molecule has 1 aliphatic heterocycles. The molecule has 0 spiro atoms. The fourth-order valence-corrected chi connectivity index (χ4v) is 3.27. The number of benzene rings is 2. The van der Waals surface area contributed by atoms with Crippen LogP contribution in [0.5, 0.6) is 0 Å². The average Bonchev–Trinajstić information content (AvgIpc) is 2.74. The van der Waals surface area contributed by atoms with Crippen molar-refractivity contribution >= 4 is 11.7 Å². The number of hydrogen-bond acceptors (Lipinski definition) is 4. The van der Waals surface area contributed by atoms with Crippen molar-refractivity contribution in [3.63, 3.8) is 0 Å². The topological polar surface area (TPSA) is 49.3 Å². The lowest BCUT2D eigenvalue weighted by molar-refractivity contribution is 0.0736. The Labute approximate surface area is 165 Å². The van der Waals surface area contributed by atoms with E-state index in [1.807, 2.05) is 4.90 Å². The van der Waals surface area contributed by atoms with E-state index >= 15 is 0 Å². The molecular weight excluding hydrogens is 381 g/mol. The number of anilines is 1. The van der Waals surface area contributed by atoms with Crippen LogP contribution in [-0.4, -0.2) is 47.2 Å². The number of rotatable bonds is 3.